The quantitative estimate of drug-likeness (QED) is 0.407. The molecular weight excluding hydrogens is 424 g/mol. The van der Waals surface area contributed by atoms with Gasteiger partial charge in [-0.05, 0) is 57.2 Å². The molecule has 32 heavy (non-hydrogen) atoms. The molecule has 0 atom stereocenters. The lowest BCUT2D eigenvalue weighted by atomic mass is 10.1. The second kappa shape index (κ2) is 8.55. The third-order valence-electron chi connectivity index (χ3n) is 5.11. The number of anilines is 2. The van der Waals surface area contributed by atoms with Crippen LogP contribution in [0.2, 0.25) is 0 Å². The highest BCUT2D eigenvalue weighted by Gasteiger charge is 2.21. The van der Waals surface area contributed by atoms with Gasteiger partial charge in [0, 0.05) is 32.6 Å². The molecule has 0 aliphatic carbocycles. The van der Waals surface area contributed by atoms with E-state index in [1.807, 2.05) is 27.7 Å². The van der Waals surface area contributed by atoms with Gasteiger partial charge in [0.15, 0.2) is 0 Å². The Balaban J connectivity index is 1.65. The van der Waals surface area contributed by atoms with Crippen LogP contribution in [0.25, 0.3) is 22.4 Å². The molecule has 2 N–H and O–H groups in total. The first-order valence-electron chi connectivity index (χ1n) is 10.3. The highest BCUT2D eigenvalue weighted by molar-refractivity contribution is 7.12. The molecule has 8 heteroatoms. The van der Waals surface area contributed by atoms with Crippen LogP contribution in [0.5, 0.6) is 0 Å². The first kappa shape index (κ1) is 21.7. The minimum atomic E-state index is -0.284. The zero-order chi connectivity index (χ0) is 23.0. The molecule has 0 bridgehead atoms. The van der Waals surface area contributed by atoms with E-state index in [-0.39, 0.29) is 17.7 Å². The van der Waals surface area contributed by atoms with Crippen molar-refractivity contribution in [3.8, 4) is 11.3 Å². The topological polar surface area (TPSA) is 97.1 Å². The Morgan fingerprint density at radius 3 is 2.25 bits per heavy atom. The summed E-state index contributed by atoms with van der Waals surface area (Å²) in [5.74, 6) is -0.455. The predicted molar refractivity (Wildman–Crippen MR) is 127 cm³/mol. The number of carbonyl (C=O) groups excluding carboxylic acids is 2. The first-order chi connectivity index (χ1) is 15.2. The third-order valence-corrected chi connectivity index (χ3v) is 6.08. The molecule has 3 heterocycles. The molecule has 0 unspecified atom stereocenters. The van der Waals surface area contributed by atoms with Gasteiger partial charge in [-0.15, -0.1) is 11.3 Å². The van der Waals surface area contributed by atoms with E-state index in [4.69, 9.17) is 4.52 Å². The van der Waals surface area contributed by atoms with Crippen LogP contribution in [0.3, 0.4) is 0 Å². The van der Waals surface area contributed by atoms with Crippen LogP contribution in [-0.2, 0) is 4.79 Å². The molecule has 164 valence electrons. The summed E-state index contributed by atoms with van der Waals surface area (Å²) in [6, 6.07) is 10.9. The third kappa shape index (κ3) is 4.27. The van der Waals surface area contributed by atoms with Gasteiger partial charge in [0.1, 0.15) is 0 Å². The first-order valence-corrected chi connectivity index (χ1v) is 11.1. The molecule has 4 rings (SSSR count). The van der Waals surface area contributed by atoms with Gasteiger partial charge in [0.05, 0.1) is 22.3 Å². The van der Waals surface area contributed by atoms with Crippen molar-refractivity contribution in [3.63, 3.8) is 0 Å². The Bertz CT molecular complexity index is 1320. The number of amides is 2. The number of benzene rings is 1. The fraction of sp³-hybridized carbons (Fsp3) is 0.250. The molecule has 0 saturated heterocycles. The van der Waals surface area contributed by atoms with E-state index in [0.717, 1.165) is 10.4 Å². The number of pyridine rings is 1. The van der Waals surface area contributed by atoms with E-state index < -0.39 is 0 Å². The van der Waals surface area contributed by atoms with Gasteiger partial charge in [-0.1, -0.05) is 19.0 Å². The van der Waals surface area contributed by atoms with Gasteiger partial charge in [-0.2, -0.15) is 0 Å². The molecule has 0 saturated carbocycles. The highest BCUT2D eigenvalue weighted by Crippen LogP contribution is 2.33. The summed E-state index contributed by atoms with van der Waals surface area (Å²) in [6.07, 6.45) is 0. The van der Waals surface area contributed by atoms with Crippen molar-refractivity contribution >= 4 is 45.6 Å². The molecule has 0 aliphatic rings. The average Bonchev–Trinajstić information content (AvgIpc) is 3.29. The molecule has 3 aromatic heterocycles. The predicted octanol–water partition coefficient (Wildman–Crippen LogP) is 5.72. The van der Waals surface area contributed by atoms with E-state index in [1.54, 1.807) is 48.6 Å². The smallest absolute Gasteiger partial charge is 0.259 e. The maximum absolute atomic E-state index is 13.2. The standard InChI is InChI=1S/C24H24N4O3S/c1-12(2)22(29)25-16-6-8-17(9-7-16)26-23(30)19-11-20(18-10-13(3)32-15(18)5)27-24-21(19)14(4)28-31-24/h6-12H,1-5H3,(H,25,29)(H,26,30). The second-order valence-corrected chi connectivity index (χ2v) is 9.47. The molecule has 2 amide bonds. The van der Waals surface area contributed by atoms with E-state index in [0.29, 0.717) is 39.4 Å². The average molecular weight is 449 g/mol. The molecule has 0 radical (unpaired) electrons. The Labute approximate surface area is 189 Å². The minimum Gasteiger partial charge on any atom is -0.335 e. The van der Waals surface area contributed by atoms with Gasteiger partial charge in [-0.3, -0.25) is 9.59 Å². The summed E-state index contributed by atoms with van der Waals surface area (Å²) in [4.78, 5) is 32.0. The summed E-state index contributed by atoms with van der Waals surface area (Å²) >= 11 is 1.68. The molecule has 1 aromatic carbocycles. The number of hydrogen-bond acceptors (Lipinski definition) is 6. The lowest BCUT2D eigenvalue weighted by Gasteiger charge is -2.10. The van der Waals surface area contributed by atoms with Crippen molar-refractivity contribution in [1.82, 2.24) is 10.1 Å². The SMILES string of the molecule is Cc1cc(-c2cc(C(=O)Nc3ccc(NC(=O)C(C)C)cc3)c3c(C)noc3n2)c(C)s1. The van der Waals surface area contributed by atoms with Gasteiger partial charge >= 0.3 is 0 Å². The molecule has 0 fully saturated rings. The van der Waals surface area contributed by atoms with Crippen molar-refractivity contribution < 1.29 is 14.1 Å². The van der Waals surface area contributed by atoms with Crippen LogP contribution in [0.15, 0.2) is 40.9 Å². The van der Waals surface area contributed by atoms with Crippen LogP contribution in [0.1, 0.15) is 39.7 Å². The van der Waals surface area contributed by atoms with Crippen LogP contribution in [0.4, 0.5) is 11.4 Å². The molecule has 4 aromatic rings. The van der Waals surface area contributed by atoms with E-state index >= 15 is 0 Å². The summed E-state index contributed by atoms with van der Waals surface area (Å²) < 4.78 is 5.39. The summed E-state index contributed by atoms with van der Waals surface area (Å²) in [6.45, 7) is 9.53. The number of fused-ring (bicyclic) bond motifs is 1. The van der Waals surface area contributed by atoms with Gasteiger partial charge in [0.25, 0.3) is 11.6 Å². The largest absolute Gasteiger partial charge is 0.335 e. The summed E-state index contributed by atoms with van der Waals surface area (Å²) in [5, 5.41) is 10.4. The zero-order valence-corrected chi connectivity index (χ0v) is 19.4. The van der Waals surface area contributed by atoms with Crippen molar-refractivity contribution in [2.24, 2.45) is 5.92 Å². The van der Waals surface area contributed by atoms with Crippen molar-refractivity contribution in [3.05, 3.63) is 57.4 Å². The number of nitrogens with one attached hydrogen (secondary N) is 2. The normalized spacial score (nSPS) is 11.2. The number of carbonyl (C=O) groups is 2. The zero-order valence-electron chi connectivity index (χ0n) is 18.6. The number of aryl methyl sites for hydroxylation is 3. The summed E-state index contributed by atoms with van der Waals surface area (Å²) in [5.41, 5.74) is 4.32. The highest BCUT2D eigenvalue weighted by atomic mass is 32.1. The molecule has 7 nitrogen and oxygen atoms in total. The lowest BCUT2D eigenvalue weighted by Crippen LogP contribution is -2.17. The van der Waals surface area contributed by atoms with E-state index in [1.165, 1.54) is 4.88 Å². The lowest BCUT2D eigenvalue weighted by molar-refractivity contribution is -0.118. The Hall–Kier alpha value is -3.52. The molecule has 0 spiro atoms. The maximum Gasteiger partial charge on any atom is 0.259 e. The van der Waals surface area contributed by atoms with Crippen LogP contribution in [0, 0.1) is 26.7 Å². The van der Waals surface area contributed by atoms with Crippen molar-refractivity contribution in [1.29, 1.82) is 0 Å². The van der Waals surface area contributed by atoms with Gasteiger partial charge in [0.2, 0.25) is 5.91 Å². The number of rotatable bonds is 5. The number of aromatic nitrogens is 2. The summed E-state index contributed by atoms with van der Waals surface area (Å²) in [7, 11) is 0. The Morgan fingerprint density at radius 1 is 1.00 bits per heavy atom. The number of nitrogens with zero attached hydrogens (tertiary/aromatic N) is 2. The number of thiophene rings is 1. The Kier molecular flexibility index (Phi) is 5.80. The molecule has 0 aliphatic heterocycles. The second-order valence-electron chi connectivity index (χ2n) is 8.01. The van der Waals surface area contributed by atoms with Gasteiger partial charge < -0.3 is 15.2 Å². The molecular formula is C24H24N4O3S. The Morgan fingerprint density at radius 2 is 1.66 bits per heavy atom. The maximum atomic E-state index is 13.2. The van der Waals surface area contributed by atoms with Gasteiger partial charge in [-0.25, -0.2) is 4.98 Å². The monoisotopic (exact) mass is 448 g/mol. The minimum absolute atomic E-state index is 0.0598. The van der Waals surface area contributed by atoms with E-state index in [9.17, 15) is 9.59 Å². The van der Waals surface area contributed by atoms with Crippen LogP contribution >= 0.6 is 11.3 Å². The van der Waals surface area contributed by atoms with Crippen LogP contribution in [-0.4, -0.2) is 22.0 Å². The van der Waals surface area contributed by atoms with Crippen LogP contribution < -0.4 is 10.6 Å². The fourth-order valence-electron chi connectivity index (χ4n) is 3.42. The van der Waals surface area contributed by atoms with E-state index in [2.05, 4.69) is 26.8 Å². The fourth-order valence-corrected chi connectivity index (χ4v) is 4.35. The van der Waals surface area contributed by atoms with Crippen molar-refractivity contribution in [2.45, 2.75) is 34.6 Å². The van der Waals surface area contributed by atoms with Crippen molar-refractivity contribution in [2.75, 3.05) is 10.6 Å². The number of hydrogen-bond donors (Lipinski definition) is 2.